The van der Waals surface area contributed by atoms with Crippen molar-refractivity contribution in [3.8, 4) is 0 Å². The molecule has 1 fully saturated rings. The van der Waals surface area contributed by atoms with Crippen molar-refractivity contribution in [1.82, 2.24) is 0 Å². The Morgan fingerprint density at radius 2 is 1.72 bits per heavy atom. The van der Waals surface area contributed by atoms with Gasteiger partial charge in [0, 0.05) is 12.8 Å². The molecule has 4 nitrogen and oxygen atoms in total. The maximum atomic E-state index is 10.9. The summed E-state index contributed by atoms with van der Waals surface area (Å²) >= 11 is 0. The maximum absolute atomic E-state index is 10.9. The number of carboxylic acids is 1. The van der Waals surface area contributed by atoms with Crippen LogP contribution in [0.5, 0.6) is 0 Å². The van der Waals surface area contributed by atoms with Crippen molar-refractivity contribution in [3.05, 3.63) is 0 Å². The minimum absolute atomic E-state index is 0.0431. The molecule has 18 heavy (non-hydrogen) atoms. The van der Waals surface area contributed by atoms with Gasteiger partial charge in [-0.2, -0.15) is 0 Å². The Morgan fingerprint density at radius 1 is 1.11 bits per heavy atom. The Bertz CT molecular complexity index is 263. The largest absolute Gasteiger partial charge is 0.481 e. The first kappa shape index (κ1) is 15.0. The van der Waals surface area contributed by atoms with Crippen molar-refractivity contribution in [1.29, 1.82) is 0 Å². The number of esters is 1. The van der Waals surface area contributed by atoms with Crippen LogP contribution in [0.25, 0.3) is 0 Å². The number of rotatable bonds is 10. The zero-order chi connectivity index (χ0) is 13.2. The van der Waals surface area contributed by atoms with E-state index in [2.05, 4.69) is 0 Å². The van der Waals surface area contributed by atoms with Crippen molar-refractivity contribution < 1.29 is 19.4 Å². The van der Waals surface area contributed by atoms with E-state index in [4.69, 9.17) is 9.84 Å². The standard InChI is InChI=1S/C14H24O4/c15-13(16)9-7-5-3-1-2-4-6-8-12-10-11-14(17)18-12/h12H,1-11H2,(H,15,16). The number of ether oxygens (including phenoxy) is 1. The molecule has 1 atom stereocenters. The molecule has 0 amide bonds. The van der Waals surface area contributed by atoms with E-state index in [9.17, 15) is 9.59 Å². The first-order chi connectivity index (χ1) is 8.68. The van der Waals surface area contributed by atoms with Gasteiger partial charge in [-0.05, 0) is 25.7 Å². The van der Waals surface area contributed by atoms with Gasteiger partial charge in [-0.15, -0.1) is 0 Å². The molecule has 0 bridgehead atoms. The molecule has 104 valence electrons. The Labute approximate surface area is 109 Å². The fourth-order valence-electron chi connectivity index (χ4n) is 2.32. The lowest BCUT2D eigenvalue weighted by Crippen LogP contribution is -2.06. The number of carbonyl (C=O) groups is 2. The number of unbranched alkanes of at least 4 members (excludes halogenated alkanes) is 6. The average Bonchev–Trinajstić information content (AvgIpc) is 2.72. The first-order valence-electron chi connectivity index (χ1n) is 7.10. The number of carbonyl (C=O) groups excluding carboxylic acids is 1. The molecule has 1 unspecified atom stereocenters. The van der Waals surface area contributed by atoms with E-state index in [0.717, 1.165) is 38.5 Å². The summed E-state index contributed by atoms with van der Waals surface area (Å²) in [6, 6.07) is 0. The summed E-state index contributed by atoms with van der Waals surface area (Å²) in [4.78, 5) is 21.2. The zero-order valence-electron chi connectivity index (χ0n) is 11.0. The summed E-state index contributed by atoms with van der Waals surface area (Å²) in [5.74, 6) is -0.737. The maximum Gasteiger partial charge on any atom is 0.306 e. The van der Waals surface area contributed by atoms with E-state index in [1.807, 2.05) is 0 Å². The second kappa shape index (κ2) is 8.95. The summed E-state index contributed by atoms with van der Waals surface area (Å²) < 4.78 is 5.15. The topological polar surface area (TPSA) is 63.6 Å². The predicted octanol–water partition coefficient (Wildman–Crippen LogP) is 3.29. The van der Waals surface area contributed by atoms with Gasteiger partial charge in [0.2, 0.25) is 0 Å². The third kappa shape index (κ3) is 7.30. The highest BCUT2D eigenvalue weighted by molar-refractivity contribution is 5.71. The second-order valence-electron chi connectivity index (χ2n) is 5.06. The average molecular weight is 256 g/mol. The zero-order valence-corrected chi connectivity index (χ0v) is 11.0. The van der Waals surface area contributed by atoms with Crippen LogP contribution in [0.3, 0.4) is 0 Å². The van der Waals surface area contributed by atoms with Crippen molar-refractivity contribution in [2.75, 3.05) is 0 Å². The van der Waals surface area contributed by atoms with E-state index >= 15 is 0 Å². The lowest BCUT2D eigenvalue weighted by atomic mass is 10.0. The molecule has 4 heteroatoms. The van der Waals surface area contributed by atoms with Gasteiger partial charge >= 0.3 is 11.9 Å². The molecular formula is C14H24O4. The number of carboxylic acid groups (broad SMARTS) is 1. The fraction of sp³-hybridized carbons (Fsp3) is 0.857. The van der Waals surface area contributed by atoms with Crippen LogP contribution in [0.2, 0.25) is 0 Å². The van der Waals surface area contributed by atoms with E-state index < -0.39 is 5.97 Å². The molecule has 1 aliphatic rings. The highest BCUT2D eigenvalue weighted by Crippen LogP contribution is 2.20. The predicted molar refractivity (Wildman–Crippen MR) is 68.3 cm³/mol. The molecular weight excluding hydrogens is 232 g/mol. The van der Waals surface area contributed by atoms with E-state index in [1.54, 1.807) is 0 Å². The molecule has 0 aromatic rings. The molecule has 1 heterocycles. The normalized spacial score (nSPS) is 18.9. The number of cyclic esters (lactones) is 1. The molecule has 0 aliphatic carbocycles. The summed E-state index contributed by atoms with van der Waals surface area (Å²) in [7, 11) is 0. The van der Waals surface area contributed by atoms with Gasteiger partial charge in [-0.3, -0.25) is 9.59 Å². The first-order valence-corrected chi connectivity index (χ1v) is 7.10. The van der Waals surface area contributed by atoms with Gasteiger partial charge in [0.1, 0.15) is 6.10 Å². The van der Waals surface area contributed by atoms with Gasteiger partial charge in [0.15, 0.2) is 0 Å². The summed E-state index contributed by atoms with van der Waals surface area (Å²) in [5, 5.41) is 8.47. The quantitative estimate of drug-likeness (QED) is 0.481. The molecule has 0 radical (unpaired) electrons. The van der Waals surface area contributed by atoms with Crippen LogP contribution in [-0.4, -0.2) is 23.1 Å². The van der Waals surface area contributed by atoms with Gasteiger partial charge in [-0.25, -0.2) is 0 Å². The van der Waals surface area contributed by atoms with Crippen LogP contribution in [0.15, 0.2) is 0 Å². The fourth-order valence-corrected chi connectivity index (χ4v) is 2.32. The van der Waals surface area contributed by atoms with Crippen molar-refractivity contribution in [3.63, 3.8) is 0 Å². The van der Waals surface area contributed by atoms with Crippen LogP contribution >= 0.6 is 0 Å². The van der Waals surface area contributed by atoms with Gasteiger partial charge in [0.25, 0.3) is 0 Å². The van der Waals surface area contributed by atoms with E-state index in [0.29, 0.717) is 12.8 Å². The molecule has 0 spiro atoms. The SMILES string of the molecule is O=C(O)CCCCCCCCCC1CCC(=O)O1. The molecule has 0 aromatic carbocycles. The summed E-state index contributed by atoms with van der Waals surface area (Å²) in [6.07, 6.45) is 10.6. The van der Waals surface area contributed by atoms with Gasteiger partial charge in [0.05, 0.1) is 0 Å². The van der Waals surface area contributed by atoms with Crippen LogP contribution in [0, 0.1) is 0 Å². The number of hydrogen-bond donors (Lipinski definition) is 1. The number of aliphatic carboxylic acids is 1. The minimum Gasteiger partial charge on any atom is -0.481 e. The van der Waals surface area contributed by atoms with Gasteiger partial charge in [-0.1, -0.05) is 32.1 Å². The summed E-state index contributed by atoms with van der Waals surface area (Å²) in [5.41, 5.74) is 0. The molecule has 1 rings (SSSR count). The molecule has 1 N–H and O–H groups in total. The minimum atomic E-state index is -0.693. The van der Waals surface area contributed by atoms with Crippen molar-refractivity contribution in [2.24, 2.45) is 0 Å². The smallest absolute Gasteiger partial charge is 0.306 e. The van der Waals surface area contributed by atoms with Crippen LogP contribution in [-0.2, 0) is 14.3 Å². The third-order valence-electron chi connectivity index (χ3n) is 3.39. The summed E-state index contributed by atoms with van der Waals surface area (Å²) in [6.45, 7) is 0. The molecule has 1 saturated heterocycles. The second-order valence-corrected chi connectivity index (χ2v) is 5.06. The lowest BCUT2D eigenvalue weighted by molar-refractivity contribution is -0.141. The van der Waals surface area contributed by atoms with Crippen LogP contribution in [0.1, 0.15) is 70.6 Å². The molecule has 0 aromatic heterocycles. The Balaban J connectivity index is 1.79. The Morgan fingerprint density at radius 3 is 2.28 bits per heavy atom. The monoisotopic (exact) mass is 256 g/mol. The number of hydrogen-bond acceptors (Lipinski definition) is 3. The van der Waals surface area contributed by atoms with Crippen LogP contribution in [0.4, 0.5) is 0 Å². The van der Waals surface area contributed by atoms with E-state index in [1.165, 1.54) is 19.3 Å². The highest BCUT2D eigenvalue weighted by Gasteiger charge is 2.22. The van der Waals surface area contributed by atoms with Crippen LogP contribution < -0.4 is 0 Å². The molecule has 1 aliphatic heterocycles. The van der Waals surface area contributed by atoms with Crippen molar-refractivity contribution in [2.45, 2.75) is 76.7 Å². The lowest BCUT2D eigenvalue weighted by Gasteiger charge is -2.08. The third-order valence-corrected chi connectivity index (χ3v) is 3.39. The highest BCUT2D eigenvalue weighted by atomic mass is 16.5. The van der Waals surface area contributed by atoms with Gasteiger partial charge < -0.3 is 9.84 Å². The molecule has 0 saturated carbocycles. The Hall–Kier alpha value is -1.06. The van der Waals surface area contributed by atoms with E-state index in [-0.39, 0.29) is 12.1 Å². The van der Waals surface area contributed by atoms with Crippen molar-refractivity contribution >= 4 is 11.9 Å². The Kier molecular flexibility index (Phi) is 7.46.